The molecule has 112 valence electrons. The molecule has 1 saturated carbocycles. The van der Waals surface area contributed by atoms with E-state index in [1.807, 2.05) is 6.07 Å². The van der Waals surface area contributed by atoms with Crippen LogP contribution in [0.15, 0.2) is 24.3 Å². The van der Waals surface area contributed by atoms with E-state index in [2.05, 4.69) is 4.90 Å². The molecule has 0 bridgehead atoms. The fourth-order valence-corrected chi connectivity index (χ4v) is 3.27. The average Bonchev–Trinajstić information content (AvgIpc) is 2.92. The van der Waals surface area contributed by atoms with Crippen molar-refractivity contribution < 1.29 is 19.0 Å². The van der Waals surface area contributed by atoms with Gasteiger partial charge in [0.25, 0.3) is 0 Å². The largest absolute Gasteiger partial charge is 0.478 e. The van der Waals surface area contributed by atoms with Crippen molar-refractivity contribution in [3.63, 3.8) is 0 Å². The summed E-state index contributed by atoms with van der Waals surface area (Å²) in [4.78, 5) is 12.8. The van der Waals surface area contributed by atoms with Gasteiger partial charge in [-0.3, -0.25) is 0 Å². The normalized spacial score (nSPS) is 25.3. The minimum Gasteiger partial charge on any atom is -0.478 e. The van der Waals surface area contributed by atoms with Gasteiger partial charge in [-0.25, -0.2) is 9.18 Å². The van der Waals surface area contributed by atoms with E-state index < -0.39 is 5.97 Å². The van der Waals surface area contributed by atoms with Crippen LogP contribution in [0.1, 0.15) is 24.8 Å². The number of hydrogen-bond acceptors (Lipinski definition) is 3. The van der Waals surface area contributed by atoms with Gasteiger partial charge in [-0.1, -0.05) is 0 Å². The first-order chi connectivity index (χ1) is 10.1. The van der Waals surface area contributed by atoms with E-state index in [1.165, 1.54) is 18.2 Å². The van der Waals surface area contributed by atoms with Crippen LogP contribution in [0.2, 0.25) is 0 Å². The first-order valence-corrected chi connectivity index (χ1v) is 7.23. The van der Waals surface area contributed by atoms with E-state index in [0.717, 1.165) is 37.6 Å². The zero-order valence-electron chi connectivity index (χ0n) is 11.7. The Morgan fingerprint density at radius 2 is 2.24 bits per heavy atom. The summed E-state index contributed by atoms with van der Waals surface area (Å²) in [6.07, 6.45) is 5.93. The quantitative estimate of drug-likeness (QED) is 0.870. The van der Waals surface area contributed by atoms with Gasteiger partial charge in [0, 0.05) is 18.3 Å². The first kappa shape index (κ1) is 14.1. The Morgan fingerprint density at radius 3 is 3.05 bits per heavy atom. The molecule has 1 aliphatic heterocycles. The van der Waals surface area contributed by atoms with Crippen molar-refractivity contribution in [1.82, 2.24) is 0 Å². The Kier molecular flexibility index (Phi) is 3.92. The number of nitrogens with zero attached hydrogens (tertiary/aromatic N) is 1. The highest BCUT2D eigenvalue weighted by Gasteiger charge is 2.36. The van der Waals surface area contributed by atoms with Crippen molar-refractivity contribution >= 4 is 17.7 Å². The van der Waals surface area contributed by atoms with Crippen LogP contribution in [-0.4, -0.2) is 36.4 Å². The third kappa shape index (κ3) is 3.08. The molecule has 2 aliphatic rings. The minimum atomic E-state index is -1.04. The fraction of sp³-hybridized carbons (Fsp3) is 0.438. The van der Waals surface area contributed by atoms with Gasteiger partial charge in [-0.15, -0.1) is 0 Å². The van der Waals surface area contributed by atoms with Crippen LogP contribution >= 0.6 is 0 Å². The summed E-state index contributed by atoms with van der Waals surface area (Å²) >= 11 is 0. The molecule has 0 aromatic heterocycles. The fourth-order valence-electron chi connectivity index (χ4n) is 3.27. The summed E-state index contributed by atoms with van der Waals surface area (Å²) in [7, 11) is 0. The van der Waals surface area contributed by atoms with Gasteiger partial charge in [0.15, 0.2) is 0 Å². The number of fused-ring (bicyclic) bond motifs is 1. The van der Waals surface area contributed by atoms with Gasteiger partial charge in [0.2, 0.25) is 0 Å². The van der Waals surface area contributed by atoms with Crippen molar-refractivity contribution in [3.05, 3.63) is 35.7 Å². The molecule has 1 saturated heterocycles. The van der Waals surface area contributed by atoms with Crippen molar-refractivity contribution in [2.24, 2.45) is 0 Å². The Morgan fingerprint density at radius 1 is 1.38 bits per heavy atom. The summed E-state index contributed by atoms with van der Waals surface area (Å²) in [6.45, 7) is 1.39. The zero-order valence-corrected chi connectivity index (χ0v) is 11.7. The van der Waals surface area contributed by atoms with Gasteiger partial charge in [-0.2, -0.15) is 0 Å². The molecule has 1 heterocycles. The zero-order chi connectivity index (χ0) is 14.8. The minimum absolute atomic E-state index is 0.236. The maximum atomic E-state index is 13.8. The third-order valence-corrected chi connectivity index (χ3v) is 4.14. The van der Waals surface area contributed by atoms with Crippen LogP contribution < -0.4 is 4.90 Å². The van der Waals surface area contributed by atoms with Gasteiger partial charge in [0.05, 0.1) is 18.8 Å². The van der Waals surface area contributed by atoms with Gasteiger partial charge < -0.3 is 14.7 Å². The predicted octanol–water partition coefficient (Wildman–Crippen LogP) is 2.68. The van der Waals surface area contributed by atoms with E-state index in [0.29, 0.717) is 18.2 Å². The Hall–Kier alpha value is -1.88. The number of aliphatic carboxylic acids is 1. The molecule has 1 aromatic rings. The Balaban J connectivity index is 1.88. The smallest absolute Gasteiger partial charge is 0.328 e. The molecule has 4 nitrogen and oxygen atoms in total. The van der Waals surface area contributed by atoms with Crippen LogP contribution in [0.5, 0.6) is 0 Å². The van der Waals surface area contributed by atoms with Crippen molar-refractivity contribution in [1.29, 1.82) is 0 Å². The number of carbonyl (C=O) groups is 1. The molecular formula is C16H18FNO3. The number of halogens is 1. The molecule has 2 atom stereocenters. The van der Waals surface area contributed by atoms with E-state index in [9.17, 15) is 9.18 Å². The van der Waals surface area contributed by atoms with Crippen LogP contribution in [0.4, 0.5) is 10.1 Å². The maximum absolute atomic E-state index is 13.8. The molecule has 0 amide bonds. The highest BCUT2D eigenvalue weighted by molar-refractivity contribution is 5.85. The number of carboxylic acids is 1. The lowest BCUT2D eigenvalue weighted by Gasteiger charge is -2.39. The molecule has 2 unspecified atom stereocenters. The van der Waals surface area contributed by atoms with E-state index in [4.69, 9.17) is 9.84 Å². The van der Waals surface area contributed by atoms with Crippen molar-refractivity contribution in [3.8, 4) is 0 Å². The van der Waals surface area contributed by atoms with Crippen LogP contribution in [0.25, 0.3) is 6.08 Å². The van der Waals surface area contributed by atoms with Crippen LogP contribution in [0.3, 0.4) is 0 Å². The lowest BCUT2D eigenvalue weighted by molar-refractivity contribution is -0.131. The van der Waals surface area contributed by atoms with Crippen molar-refractivity contribution in [2.45, 2.75) is 31.4 Å². The second-order valence-corrected chi connectivity index (χ2v) is 5.52. The Bertz CT molecular complexity index is 573. The third-order valence-electron chi connectivity index (χ3n) is 4.14. The Labute approximate surface area is 122 Å². The lowest BCUT2D eigenvalue weighted by Crippen LogP contribution is -2.48. The summed E-state index contributed by atoms with van der Waals surface area (Å²) in [5.74, 6) is -1.39. The summed E-state index contributed by atoms with van der Waals surface area (Å²) in [5, 5.41) is 8.68. The SMILES string of the molecule is O=C(O)/C=C/c1cc(F)cc(N2CCOC3CCCC32)c1. The van der Waals surface area contributed by atoms with Gasteiger partial charge in [-0.05, 0) is 49.1 Å². The summed E-state index contributed by atoms with van der Waals surface area (Å²) < 4.78 is 19.6. The highest BCUT2D eigenvalue weighted by Crippen LogP contribution is 2.33. The van der Waals surface area contributed by atoms with Crippen LogP contribution in [-0.2, 0) is 9.53 Å². The highest BCUT2D eigenvalue weighted by atomic mass is 19.1. The second-order valence-electron chi connectivity index (χ2n) is 5.52. The molecule has 0 radical (unpaired) electrons. The monoisotopic (exact) mass is 291 g/mol. The second kappa shape index (κ2) is 5.85. The first-order valence-electron chi connectivity index (χ1n) is 7.23. The maximum Gasteiger partial charge on any atom is 0.328 e. The lowest BCUT2D eigenvalue weighted by atomic mass is 10.1. The number of rotatable bonds is 3. The molecule has 1 aromatic carbocycles. The number of carboxylic acid groups (broad SMARTS) is 1. The van der Waals surface area contributed by atoms with Gasteiger partial charge in [0.1, 0.15) is 5.82 Å². The molecule has 5 heteroatoms. The molecule has 0 spiro atoms. The molecule has 2 fully saturated rings. The molecule has 1 N–H and O–H groups in total. The molecule has 21 heavy (non-hydrogen) atoms. The van der Waals surface area contributed by atoms with E-state index in [1.54, 1.807) is 0 Å². The number of hydrogen-bond donors (Lipinski definition) is 1. The number of anilines is 1. The predicted molar refractivity (Wildman–Crippen MR) is 77.8 cm³/mol. The van der Waals surface area contributed by atoms with Crippen LogP contribution in [0, 0.1) is 5.82 Å². The summed E-state index contributed by atoms with van der Waals surface area (Å²) in [5.41, 5.74) is 1.37. The van der Waals surface area contributed by atoms with E-state index in [-0.39, 0.29) is 11.9 Å². The summed E-state index contributed by atoms with van der Waals surface area (Å²) in [6, 6.07) is 4.99. The van der Waals surface area contributed by atoms with Gasteiger partial charge >= 0.3 is 5.97 Å². The number of ether oxygens (including phenoxy) is 1. The molecule has 1 aliphatic carbocycles. The topological polar surface area (TPSA) is 49.8 Å². The number of morpholine rings is 1. The standard InChI is InChI=1S/C16H18FNO3/c17-12-8-11(4-5-16(19)20)9-13(10-12)18-6-7-21-15-3-1-2-14(15)18/h4-5,8-10,14-15H,1-3,6-7H2,(H,19,20)/b5-4+. The number of benzene rings is 1. The van der Waals surface area contributed by atoms with E-state index >= 15 is 0 Å². The molecule has 3 rings (SSSR count). The average molecular weight is 291 g/mol. The van der Waals surface area contributed by atoms with Crippen molar-refractivity contribution in [2.75, 3.05) is 18.1 Å². The molecular weight excluding hydrogens is 273 g/mol.